The van der Waals surface area contributed by atoms with Crippen molar-refractivity contribution in [2.24, 2.45) is 0 Å². The van der Waals surface area contributed by atoms with Gasteiger partial charge in [0.15, 0.2) is 0 Å². The number of rotatable bonds is 4. The molecule has 0 radical (unpaired) electrons. The Labute approximate surface area is 84.6 Å². The summed E-state index contributed by atoms with van der Waals surface area (Å²) >= 11 is 3.44. The number of benzene rings is 1. The van der Waals surface area contributed by atoms with E-state index in [2.05, 4.69) is 52.0 Å². The van der Waals surface area contributed by atoms with Gasteiger partial charge >= 0.3 is 0 Å². The number of hydrogen-bond acceptors (Lipinski definition) is 0. The summed E-state index contributed by atoms with van der Waals surface area (Å²) < 4.78 is 0. The molecule has 12 heavy (non-hydrogen) atoms. The molecule has 1 aromatic carbocycles. The van der Waals surface area contributed by atoms with Gasteiger partial charge in [0.25, 0.3) is 0 Å². The van der Waals surface area contributed by atoms with Gasteiger partial charge in [-0.2, -0.15) is 0 Å². The van der Waals surface area contributed by atoms with Crippen LogP contribution < -0.4 is 0 Å². The molecule has 0 N–H and O–H groups in total. The van der Waals surface area contributed by atoms with Crippen LogP contribution in [0.25, 0.3) is 6.08 Å². The first-order valence-corrected chi connectivity index (χ1v) is 7.15. The molecule has 0 atom stereocenters. The van der Waals surface area contributed by atoms with Gasteiger partial charge in [-0.15, -0.1) is 5.70 Å². The minimum absolute atomic E-state index is 0.0400. The van der Waals surface area contributed by atoms with Gasteiger partial charge in [0, 0.05) is 14.8 Å². The van der Waals surface area contributed by atoms with Crippen molar-refractivity contribution in [2.75, 3.05) is 5.33 Å². The minimum Gasteiger partial charge on any atom is -0.101 e. The zero-order valence-electron chi connectivity index (χ0n) is 7.04. The van der Waals surface area contributed by atoms with Crippen molar-refractivity contribution in [3.8, 4) is 0 Å². The van der Waals surface area contributed by atoms with Crippen LogP contribution in [0.5, 0.6) is 0 Å². The van der Waals surface area contributed by atoms with Crippen LogP contribution in [0.2, 0.25) is 6.04 Å². The molecule has 0 aliphatic rings. The van der Waals surface area contributed by atoms with Crippen LogP contribution in [0.1, 0.15) is 5.56 Å². The van der Waals surface area contributed by atoms with Crippen LogP contribution in [-0.2, 0) is 0 Å². The van der Waals surface area contributed by atoms with Gasteiger partial charge in [0.1, 0.15) is 0 Å². The molecule has 0 heterocycles. The standard InChI is InChI=1S/C10H13BrSi/c11-7-9-12-8-6-10-4-2-1-3-5-10/h1-6,8H,7,9,12H2. The van der Waals surface area contributed by atoms with E-state index in [0.717, 1.165) is 5.33 Å². The van der Waals surface area contributed by atoms with Gasteiger partial charge in [-0.1, -0.05) is 52.3 Å². The lowest BCUT2D eigenvalue weighted by molar-refractivity contribution is 1.51. The second-order valence-corrected chi connectivity index (χ2v) is 5.19. The van der Waals surface area contributed by atoms with Crippen LogP contribution in [-0.4, -0.2) is 14.8 Å². The number of hydrogen-bond donors (Lipinski definition) is 0. The average Bonchev–Trinajstić information content (AvgIpc) is 2.14. The molecule has 0 amide bonds. The number of alkyl halides is 1. The largest absolute Gasteiger partial charge is 0.101 e. The zero-order chi connectivity index (χ0) is 8.65. The molecule has 0 saturated carbocycles. The minimum atomic E-state index is 0.0400. The van der Waals surface area contributed by atoms with Gasteiger partial charge in [0.2, 0.25) is 0 Å². The predicted molar refractivity (Wildman–Crippen MR) is 62.6 cm³/mol. The van der Waals surface area contributed by atoms with Crippen molar-refractivity contribution in [1.82, 2.24) is 0 Å². The molecule has 0 aliphatic heterocycles. The zero-order valence-corrected chi connectivity index (χ0v) is 10.0. The summed E-state index contributed by atoms with van der Waals surface area (Å²) in [4.78, 5) is 0. The maximum Gasteiger partial charge on any atom is 0.0462 e. The molecular formula is C10H13BrSi. The molecule has 1 aromatic rings. The second-order valence-electron chi connectivity index (χ2n) is 2.64. The van der Waals surface area contributed by atoms with E-state index in [1.807, 2.05) is 6.07 Å². The molecule has 64 valence electrons. The Morgan fingerprint density at radius 2 is 2.00 bits per heavy atom. The van der Waals surface area contributed by atoms with E-state index >= 15 is 0 Å². The van der Waals surface area contributed by atoms with Crippen molar-refractivity contribution in [3.63, 3.8) is 0 Å². The highest BCUT2D eigenvalue weighted by molar-refractivity contribution is 9.09. The summed E-state index contributed by atoms with van der Waals surface area (Å²) in [6, 6.07) is 11.8. The van der Waals surface area contributed by atoms with Gasteiger partial charge in [0.05, 0.1) is 0 Å². The van der Waals surface area contributed by atoms with E-state index in [9.17, 15) is 0 Å². The first-order valence-electron chi connectivity index (χ1n) is 4.21. The fourth-order valence-electron chi connectivity index (χ4n) is 0.979. The maximum atomic E-state index is 3.44. The maximum absolute atomic E-state index is 3.44. The third-order valence-electron chi connectivity index (χ3n) is 1.61. The van der Waals surface area contributed by atoms with Crippen molar-refractivity contribution in [3.05, 3.63) is 41.6 Å². The van der Waals surface area contributed by atoms with Crippen molar-refractivity contribution in [2.45, 2.75) is 6.04 Å². The monoisotopic (exact) mass is 240 g/mol. The fraction of sp³-hybridized carbons (Fsp3) is 0.200. The van der Waals surface area contributed by atoms with E-state index in [-0.39, 0.29) is 9.52 Å². The predicted octanol–water partition coefficient (Wildman–Crippen LogP) is 2.64. The Balaban J connectivity index is 2.36. The van der Waals surface area contributed by atoms with Crippen LogP contribution in [0.3, 0.4) is 0 Å². The highest BCUT2D eigenvalue weighted by Gasteiger charge is 1.83. The molecule has 0 spiro atoms. The van der Waals surface area contributed by atoms with Gasteiger partial charge in [-0.25, -0.2) is 0 Å². The molecule has 0 aromatic heterocycles. The lowest BCUT2D eigenvalue weighted by atomic mass is 10.2. The third kappa shape index (κ3) is 3.88. The Morgan fingerprint density at radius 3 is 2.67 bits per heavy atom. The van der Waals surface area contributed by atoms with E-state index in [1.54, 1.807) is 0 Å². The van der Waals surface area contributed by atoms with E-state index < -0.39 is 0 Å². The summed E-state index contributed by atoms with van der Waals surface area (Å²) in [7, 11) is 0.0400. The Hall–Kier alpha value is -0.343. The van der Waals surface area contributed by atoms with Crippen LogP contribution in [0, 0.1) is 0 Å². The lowest BCUT2D eigenvalue weighted by Crippen LogP contribution is -1.83. The Morgan fingerprint density at radius 1 is 1.25 bits per heavy atom. The average molecular weight is 241 g/mol. The molecule has 0 nitrogen and oxygen atoms in total. The SMILES string of the molecule is BrCC[SiH2]C=Cc1ccccc1. The first kappa shape index (κ1) is 9.74. The van der Waals surface area contributed by atoms with Gasteiger partial charge in [-0.05, 0) is 11.6 Å². The summed E-state index contributed by atoms with van der Waals surface area (Å²) in [6.07, 6.45) is 2.23. The summed E-state index contributed by atoms with van der Waals surface area (Å²) in [5.41, 5.74) is 3.68. The van der Waals surface area contributed by atoms with E-state index in [4.69, 9.17) is 0 Å². The van der Waals surface area contributed by atoms with Crippen LogP contribution >= 0.6 is 15.9 Å². The van der Waals surface area contributed by atoms with E-state index in [1.165, 1.54) is 11.6 Å². The van der Waals surface area contributed by atoms with Crippen molar-refractivity contribution >= 4 is 31.5 Å². The highest BCUT2D eigenvalue weighted by atomic mass is 79.9. The van der Waals surface area contributed by atoms with Gasteiger partial charge in [-0.3, -0.25) is 0 Å². The Bertz CT molecular complexity index is 231. The molecule has 0 aliphatic carbocycles. The van der Waals surface area contributed by atoms with Crippen LogP contribution in [0.15, 0.2) is 36.0 Å². The fourth-order valence-corrected chi connectivity index (χ4v) is 2.78. The first-order chi connectivity index (χ1) is 5.93. The highest BCUT2D eigenvalue weighted by Crippen LogP contribution is 2.00. The van der Waals surface area contributed by atoms with Gasteiger partial charge < -0.3 is 0 Å². The normalized spacial score (nSPS) is 11.8. The molecule has 0 bridgehead atoms. The topological polar surface area (TPSA) is 0 Å². The molecule has 2 heteroatoms. The quantitative estimate of drug-likeness (QED) is 0.432. The summed E-state index contributed by atoms with van der Waals surface area (Å²) in [6.45, 7) is 0. The molecule has 0 unspecified atom stereocenters. The Kier molecular flexibility index (Phi) is 5.04. The van der Waals surface area contributed by atoms with Crippen LogP contribution in [0.4, 0.5) is 0 Å². The number of halogens is 1. The third-order valence-corrected chi connectivity index (χ3v) is 4.54. The molecule has 1 rings (SSSR count). The second kappa shape index (κ2) is 6.20. The van der Waals surface area contributed by atoms with Crippen molar-refractivity contribution in [1.29, 1.82) is 0 Å². The van der Waals surface area contributed by atoms with Crippen molar-refractivity contribution < 1.29 is 0 Å². The molecular weight excluding hydrogens is 228 g/mol. The molecule has 0 fully saturated rings. The lowest BCUT2D eigenvalue weighted by Gasteiger charge is -1.90. The summed E-state index contributed by atoms with van der Waals surface area (Å²) in [5.74, 6) is 0. The van der Waals surface area contributed by atoms with E-state index in [0.29, 0.717) is 0 Å². The smallest absolute Gasteiger partial charge is 0.0462 e. The molecule has 0 saturated heterocycles. The summed E-state index contributed by atoms with van der Waals surface area (Å²) in [5, 5.41) is 1.15.